The number of hydrogen-bond donors (Lipinski definition) is 2. The van der Waals surface area contributed by atoms with E-state index in [1.807, 2.05) is 18.2 Å². The van der Waals surface area contributed by atoms with E-state index in [9.17, 15) is 4.79 Å². The van der Waals surface area contributed by atoms with Crippen molar-refractivity contribution in [1.29, 1.82) is 0 Å². The predicted octanol–water partition coefficient (Wildman–Crippen LogP) is 0.222. The average molecular weight is 209 g/mol. The summed E-state index contributed by atoms with van der Waals surface area (Å²) in [6.07, 6.45) is 0.378. The molecule has 4 nitrogen and oxygen atoms in total. The van der Waals surface area contributed by atoms with Gasteiger partial charge in [0, 0.05) is 0 Å². The maximum atomic E-state index is 11.1. The van der Waals surface area contributed by atoms with Gasteiger partial charge in [-0.2, -0.15) is 0 Å². The van der Waals surface area contributed by atoms with E-state index in [1.165, 1.54) is 7.11 Å². The molecule has 0 aromatic heterocycles. The molecule has 3 N–H and O–H groups in total. The number of aliphatic hydroxyl groups excluding tert-OH is 1. The fourth-order valence-electron chi connectivity index (χ4n) is 1.38. The summed E-state index contributed by atoms with van der Waals surface area (Å²) in [6, 6.07) is 6.65. The molecule has 1 atom stereocenters. The first-order chi connectivity index (χ1) is 7.19. The molecule has 0 aliphatic carbocycles. The summed E-state index contributed by atoms with van der Waals surface area (Å²) in [6.45, 7) is -0.0515. The van der Waals surface area contributed by atoms with Crippen LogP contribution in [0.25, 0.3) is 0 Å². The number of carbonyl (C=O) groups excluding carboxylic acids is 1. The monoisotopic (exact) mass is 209 g/mol. The average Bonchev–Trinajstić information content (AvgIpc) is 2.28. The quantitative estimate of drug-likeness (QED) is 0.696. The Morgan fingerprint density at radius 3 is 2.60 bits per heavy atom. The molecule has 1 aromatic rings. The lowest BCUT2D eigenvalue weighted by atomic mass is 10.0. The van der Waals surface area contributed by atoms with Gasteiger partial charge in [-0.3, -0.25) is 4.79 Å². The molecular formula is C11H15NO3. The molecule has 0 saturated carbocycles. The summed E-state index contributed by atoms with van der Waals surface area (Å²) >= 11 is 0. The number of aliphatic hydroxyl groups is 1. The highest BCUT2D eigenvalue weighted by atomic mass is 16.5. The van der Waals surface area contributed by atoms with Crippen LogP contribution in [-0.4, -0.2) is 24.2 Å². The summed E-state index contributed by atoms with van der Waals surface area (Å²) in [5.41, 5.74) is 7.29. The van der Waals surface area contributed by atoms with Crippen LogP contribution in [0.3, 0.4) is 0 Å². The van der Waals surface area contributed by atoms with Gasteiger partial charge in [0.2, 0.25) is 0 Å². The Labute approximate surface area is 88.7 Å². The van der Waals surface area contributed by atoms with Crippen LogP contribution >= 0.6 is 0 Å². The molecule has 0 aliphatic heterocycles. The van der Waals surface area contributed by atoms with E-state index in [0.717, 1.165) is 11.1 Å². The van der Waals surface area contributed by atoms with Crippen molar-refractivity contribution in [2.45, 2.75) is 19.1 Å². The summed E-state index contributed by atoms with van der Waals surface area (Å²) < 4.78 is 4.53. The molecule has 1 rings (SSSR count). The van der Waals surface area contributed by atoms with Crippen molar-refractivity contribution in [3.63, 3.8) is 0 Å². The lowest BCUT2D eigenvalue weighted by Gasteiger charge is -2.11. The second-order valence-electron chi connectivity index (χ2n) is 3.26. The maximum Gasteiger partial charge on any atom is 0.322 e. The second kappa shape index (κ2) is 5.48. The molecule has 0 bridgehead atoms. The number of methoxy groups -OCH3 is 1. The Hall–Kier alpha value is -1.39. The smallest absolute Gasteiger partial charge is 0.322 e. The first kappa shape index (κ1) is 11.7. The summed E-state index contributed by atoms with van der Waals surface area (Å²) in [5.74, 6) is -0.442. The van der Waals surface area contributed by atoms with Gasteiger partial charge < -0.3 is 15.6 Å². The van der Waals surface area contributed by atoms with Crippen LogP contribution in [0.5, 0.6) is 0 Å². The molecule has 1 aromatic carbocycles. The van der Waals surface area contributed by atoms with E-state index in [2.05, 4.69) is 4.74 Å². The van der Waals surface area contributed by atoms with Crippen LogP contribution in [0.15, 0.2) is 24.3 Å². The third kappa shape index (κ3) is 3.04. The minimum absolute atomic E-state index is 0.0515. The van der Waals surface area contributed by atoms with Crippen LogP contribution in [0.1, 0.15) is 11.1 Å². The van der Waals surface area contributed by atoms with Gasteiger partial charge in [-0.1, -0.05) is 24.3 Å². The predicted molar refractivity (Wildman–Crippen MR) is 56.1 cm³/mol. The Morgan fingerprint density at radius 1 is 1.47 bits per heavy atom. The van der Waals surface area contributed by atoms with Crippen molar-refractivity contribution in [2.24, 2.45) is 5.73 Å². The van der Waals surface area contributed by atoms with Crippen molar-refractivity contribution < 1.29 is 14.6 Å². The van der Waals surface area contributed by atoms with E-state index in [0.29, 0.717) is 6.42 Å². The van der Waals surface area contributed by atoms with Gasteiger partial charge in [-0.05, 0) is 17.5 Å². The fourth-order valence-corrected chi connectivity index (χ4v) is 1.38. The SMILES string of the molecule is COC(=O)[C@@H](N)Cc1ccccc1CO. The van der Waals surface area contributed by atoms with E-state index in [-0.39, 0.29) is 6.61 Å². The molecule has 4 heteroatoms. The Kier molecular flexibility index (Phi) is 4.27. The highest BCUT2D eigenvalue weighted by molar-refractivity contribution is 5.75. The van der Waals surface area contributed by atoms with Crippen molar-refractivity contribution >= 4 is 5.97 Å². The normalized spacial score (nSPS) is 12.2. The number of carbonyl (C=O) groups is 1. The van der Waals surface area contributed by atoms with Crippen LogP contribution in [0.4, 0.5) is 0 Å². The second-order valence-corrected chi connectivity index (χ2v) is 3.26. The largest absolute Gasteiger partial charge is 0.468 e. The minimum atomic E-state index is -0.678. The number of ether oxygens (including phenoxy) is 1. The lowest BCUT2D eigenvalue weighted by Crippen LogP contribution is -2.33. The highest BCUT2D eigenvalue weighted by Crippen LogP contribution is 2.10. The lowest BCUT2D eigenvalue weighted by molar-refractivity contribution is -0.142. The van der Waals surface area contributed by atoms with Gasteiger partial charge in [0.25, 0.3) is 0 Å². The highest BCUT2D eigenvalue weighted by Gasteiger charge is 2.15. The Morgan fingerprint density at radius 2 is 2.07 bits per heavy atom. The third-order valence-electron chi connectivity index (χ3n) is 2.23. The van der Waals surface area contributed by atoms with Crippen molar-refractivity contribution in [3.8, 4) is 0 Å². The zero-order valence-electron chi connectivity index (χ0n) is 8.64. The Bertz CT molecular complexity index is 338. The first-order valence-corrected chi connectivity index (χ1v) is 4.70. The molecule has 82 valence electrons. The Balaban J connectivity index is 2.75. The molecular weight excluding hydrogens is 194 g/mol. The van der Waals surface area contributed by atoms with Gasteiger partial charge in [-0.15, -0.1) is 0 Å². The standard InChI is InChI=1S/C11H15NO3/c1-15-11(14)10(12)6-8-4-2-3-5-9(8)7-13/h2-5,10,13H,6-7,12H2,1H3/t10-/m0/s1. The summed E-state index contributed by atoms with van der Waals surface area (Å²) in [7, 11) is 1.31. The van der Waals surface area contributed by atoms with Crippen molar-refractivity contribution in [2.75, 3.05) is 7.11 Å². The van der Waals surface area contributed by atoms with Crippen molar-refractivity contribution in [3.05, 3.63) is 35.4 Å². The zero-order chi connectivity index (χ0) is 11.3. The zero-order valence-corrected chi connectivity index (χ0v) is 8.64. The number of rotatable bonds is 4. The van der Waals surface area contributed by atoms with E-state index >= 15 is 0 Å². The number of benzene rings is 1. The first-order valence-electron chi connectivity index (χ1n) is 4.70. The van der Waals surface area contributed by atoms with Gasteiger partial charge in [0.05, 0.1) is 13.7 Å². The van der Waals surface area contributed by atoms with Crippen molar-refractivity contribution in [1.82, 2.24) is 0 Å². The summed E-state index contributed by atoms with van der Waals surface area (Å²) in [4.78, 5) is 11.1. The topological polar surface area (TPSA) is 72.5 Å². The minimum Gasteiger partial charge on any atom is -0.468 e. The van der Waals surface area contributed by atoms with E-state index < -0.39 is 12.0 Å². The molecule has 0 aliphatic rings. The summed E-state index contributed by atoms with van der Waals surface area (Å²) in [5, 5.41) is 9.07. The molecule has 0 radical (unpaired) electrons. The molecule has 0 heterocycles. The number of nitrogens with two attached hydrogens (primary N) is 1. The van der Waals surface area contributed by atoms with Gasteiger partial charge in [0.1, 0.15) is 6.04 Å². The molecule has 0 amide bonds. The van der Waals surface area contributed by atoms with Crippen LogP contribution in [0.2, 0.25) is 0 Å². The molecule has 0 fully saturated rings. The number of esters is 1. The van der Waals surface area contributed by atoms with Crippen LogP contribution in [0, 0.1) is 0 Å². The third-order valence-corrected chi connectivity index (χ3v) is 2.23. The molecule has 0 spiro atoms. The van der Waals surface area contributed by atoms with E-state index in [4.69, 9.17) is 10.8 Å². The van der Waals surface area contributed by atoms with Gasteiger partial charge in [0.15, 0.2) is 0 Å². The van der Waals surface area contributed by atoms with Gasteiger partial charge in [-0.25, -0.2) is 0 Å². The number of hydrogen-bond acceptors (Lipinski definition) is 4. The molecule has 0 saturated heterocycles. The molecule has 15 heavy (non-hydrogen) atoms. The van der Waals surface area contributed by atoms with Gasteiger partial charge >= 0.3 is 5.97 Å². The van der Waals surface area contributed by atoms with Crippen LogP contribution < -0.4 is 5.73 Å². The van der Waals surface area contributed by atoms with Crippen LogP contribution in [-0.2, 0) is 22.6 Å². The maximum absolute atomic E-state index is 11.1. The molecule has 0 unspecified atom stereocenters. The fraction of sp³-hybridized carbons (Fsp3) is 0.364. The van der Waals surface area contributed by atoms with E-state index in [1.54, 1.807) is 6.07 Å².